The zero-order valence-electron chi connectivity index (χ0n) is 11.8. The Labute approximate surface area is 123 Å². The number of phenols is 2. The Hall–Kier alpha value is -2.24. The third-order valence-corrected chi connectivity index (χ3v) is 3.10. The number of nitrogens with one attached hydrogen (secondary N) is 1. The fraction of sp³-hybridized carbons (Fsp3) is 0.467. The van der Waals surface area contributed by atoms with Crippen LogP contribution in [0.25, 0.3) is 0 Å². The SMILES string of the molecule is O=C(O)CCCCCCCNC(=O)c1c(O)cccc1O. The zero-order valence-corrected chi connectivity index (χ0v) is 11.8. The van der Waals surface area contributed by atoms with E-state index in [1.165, 1.54) is 18.2 Å². The number of benzene rings is 1. The molecule has 1 amide bonds. The maximum atomic E-state index is 11.8. The van der Waals surface area contributed by atoms with E-state index in [0.717, 1.165) is 25.7 Å². The maximum absolute atomic E-state index is 11.8. The molecule has 1 aromatic rings. The lowest BCUT2D eigenvalue weighted by Gasteiger charge is -2.08. The second kappa shape index (κ2) is 8.84. The second-order valence-corrected chi connectivity index (χ2v) is 4.84. The van der Waals surface area contributed by atoms with Crippen LogP contribution in [-0.2, 0) is 4.79 Å². The number of amides is 1. The molecule has 0 aliphatic carbocycles. The van der Waals surface area contributed by atoms with Crippen LogP contribution in [0.2, 0.25) is 0 Å². The maximum Gasteiger partial charge on any atom is 0.303 e. The minimum absolute atomic E-state index is 0.112. The molecule has 0 saturated heterocycles. The molecular formula is C15H21NO5. The van der Waals surface area contributed by atoms with Crippen LogP contribution in [0.3, 0.4) is 0 Å². The van der Waals surface area contributed by atoms with Crippen molar-refractivity contribution in [1.29, 1.82) is 0 Å². The normalized spacial score (nSPS) is 10.3. The van der Waals surface area contributed by atoms with Crippen molar-refractivity contribution in [2.75, 3.05) is 6.54 Å². The van der Waals surface area contributed by atoms with Gasteiger partial charge >= 0.3 is 5.97 Å². The van der Waals surface area contributed by atoms with Crippen LogP contribution >= 0.6 is 0 Å². The number of hydrogen-bond acceptors (Lipinski definition) is 4. The average molecular weight is 295 g/mol. The van der Waals surface area contributed by atoms with Gasteiger partial charge in [0.15, 0.2) is 0 Å². The molecule has 1 aromatic carbocycles. The Morgan fingerprint density at radius 1 is 0.952 bits per heavy atom. The number of carboxylic acid groups (broad SMARTS) is 1. The van der Waals surface area contributed by atoms with Crippen LogP contribution in [0.5, 0.6) is 11.5 Å². The van der Waals surface area contributed by atoms with Gasteiger partial charge in [-0.3, -0.25) is 9.59 Å². The average Bonchev–Trinajstić information content (AvgIpc) is 2.41. The highest BCUT2D eigenvalue weighted by Gasteiger charge is 2.14. The number of carboxylic acids is 1. The van der Waals surface area contributed by atoms with Crippen LogP contribution in [0.15, 0.2) is 18.2 Å². The Bertz CT molecular complexity index is 467. The van der Waals surface area contributed by atoms with Gasteiger partial charge in [-0.15, -0.1) is 0 Å². The van der Waals surface area contributed by atoms with Gasteiger partial charge in [-0.2, -0.15) is 0 Å². The van der Waals surface area contributed by atoms with Crippen LogP contribution in [0.1, 0.15) is 48.9 Å². The summed E-state index contributed by atoms with van der Waals surface area (Å²) in [4.78, 5) is 22.1. The molecule has 0 radical (unpaired) electrons. The first-order chi connectivity index (χ1) is 10.0. The summed E-state index contributed by atoms with van der Waals surface area (Å²) >= 11 is 0. The fourth-order valence-electron chi connectivity index (χ4n) is 1.98. The summed E-state index contributed by atoms with van der Waals surface area (Å²) in [5.74, 6) is -1.77. The first-order valence-electron chi connectivity index (χ1n) is 7.03. The fourth-order valence-corrected chi connectivity index (χ4v) is 1.98. The van der Waals surface area contributed by atoms with E-state index in [2.05, 4.69) is 5.32 Å². The third-order valence-electron chi connectivity index (χ3n) is 3.10. The molecule has 21 heavy (non-hydrogen) atoms. The summed E-state index contributed by atoms with van der Waals surface area (Å²) in [6.07, 6.45) is 4.32. The van der Waals surface area contributed by atoms with E-state index >= 15 is 0 Å². The van der Waals surface area contributed by atoms with Gasteiger partial charge in [0, 0.05) is 13.0 Å². The van der Waals surface area contributed by atoms with Gasteiger partial charge in [-0.1, -0.05) is 25.3 Å². The number of carbonyl (C=O) groups excluding carboxylic acids is 1. The zero-order chi connectivity index (χ0) is 15.7. The summed E-state index contributed by atoms with van der Waals surface area (Å²) in [6.45, 7) is 0.450. The number of rotatable bonds is 9. The summed E-state index contributed by atoms with van der Waals surface area (Å²) < 4.78 is 0. The van der Waals surface area contributed by atoms with E-state index in [1.54, 1.807) is 0 Å². The van der Waals surface area contributed by atoms with Crippen molar-refractivity contribution in [3.8, 4) is 11.5 Å². The quantitative estimate of drug-likeness (QED) is 0.523. The van der Waals surface area contributed by atoms with Crippen LogP contribution < -0.4 is 5.32 Å². The molecule has 0 bridgehead atoms. The lowest BCUT2D eigenvalue weighted by atomic mass is 10.1. The molecule has 4 N–H and O–H groups in total. The first kappa shape index (κ1) is 16.8. The number of hydrogen-bond donors (Lipinski definition) is 4. The molecule has 0 aliphatic rings. The molecule has 0 atom stereocenters. The summed E-state index contributed by atoms with van der Waals surface area (Å²) in [5.41, 5.74) is -0.112. The van der Waals surface area contributed by atoms with Crippen molar-refractivity contribution in [2.24, 2.45) is 0 Å². The van der Waals surface area contributed by atoms with Crippen LogP contribution in [-0.4, -0.2) is 33.7 Å². The van der Waals surface area contributed by atoms with Gasteiger partial charge < -0.3 is 20.6 Å². The van der Waals surface area contributed by atoms with E-state index in [1.807, 2.05) is 0 Å². The Morgan fingerprint density at radius 3 is 2.14 bits per heavy atom. The largest absolute Gasteiger partial charge is 0.507 e. The second-order valence-electron chi connectivity index (χ2n) is 4.84. The van der Waals surface area contributed by atoms with Crippen molar-refractivity contribution in [1.82, 2.24) is 5.32 Å². The standard InChI is InChI=1S/C15H21NO5/c17-11-7-6-8-12(18)14(11)15(21)16-10-5-3-1-2-4-9-13(19)20/h6-8,17-18H,1-5,9-10H2,(H,16,21)(H,19,20). The van der Waals surface area contributed by atoms with Gasteiger partial charge in [0.2, 0.25) is 0 Å². The van der Waals surface area contributed by atoms with Crippen molar-refractivity contribution in [2.45, 2.75) is 38.5 Å². The summed E-state index contributed by atoms with van der Waals surface area (Å²) in [7, 11) is 0. The lowest BCUT2D eigenvalue weighted by molar-refractivity contribution is -0.137. The van der Waals surface area contributed by atoms with E-state index < -0.39 is 11.9 Å². The molecule has 6 nitrogen and oxygen atoms in total. The van der Waals surface area contributed by atoms with Crippen molar-refractivity contribution in [3.05, 3.63) is 23.8 Å². The monoisotopic (exact) mass is 295 g/mol. The number of unbranched alkanes of at least 4 members (excludes halogenated alkanes) is 4. The number of aromatic hydroxyl groups is 2. The lowest BCUT2D eigenvalue weighted by Crippen LogP contribution is -2.24. The van der Waals surface area contributed by atoms with E-state index in [9.17, 15) is 19.8 Å². The van der Waals surface area contributed by atoms with Crippen LogP contribution in [0.4, 0.5) is 0 Å². The third kappa shape index (κ3) is 6.16. The Kier molecular flexibility index (Phi) is 7.08. The Balaban J connectivity index is 2.18. The summed E-state index contributed by atoms with van der Waals surface area (Å²) in [6, 6.07) is 4.15. The number of aliphatic carboxylic acids is 1. The smallest absolute Gasteiger partial charge is 0.303 e. The number of carbonyl (C=O) groups is 2. The Morgan fingerprint density at radius 2 is 1.52 bits per heavy atom. The minimum Gasteiger partial charge on any atom is -0.507 e. The van der Waals surface area contributed by atoms with E-state index in [0.29, 0.717) is 13.0 Å². The molecule has 0 spiro atoms. The topological polar surface area (TPSA) is 107 Å². The predicted octanol–water partition coefficient (Wildman–Crippen LogP) is 2.25. The summed E-state index contributed by atoms with van der Waals surface area (Å²) in [5, 5.41) is 30.2. The van der Waals surface area contributed by atoms with E-state index in [-0.39, 0.29) is 23.5 Å². The molecule has 0 aromatic heterocycles. The van der Waals surface area contributed by atoms with E-state index in [4.69, 9.17) is 5.11 Å². The highest BCUT2D eigenvalue weighted by atomic mass is 16.4. The molecule has 0 unspecified atom stereocenters. The highest BCUT2D eigenvalue weighted by Crippen LogP contribution is 2.25. The molecule has 0 aliphatic heterocycles. The van der Waals surface area contributed by atoms with Crippen LogP contribution in [0, 0.1) is 0 Å². The molecule has 1 rings (SSSR count). The van der Waals surface area contributed by atoms with Gasteiger partial charge in [0.1, 0.15) is 17.1 Å². The van der Waals surface area contributed by atoms with Gasteiger partial charge in [-0.25, -0.2) is 0 Å². The molecule has 116 valence electrons. The predicted molar refractivity (Wildman–Crippen MR) is 77.4 cm³/mol. The van der Waals surface area contributed by atoms with Crippen molar-refractivity contribution < 1.29 is 24.9 Å². The molecule has 0 saturated carbocycles. The molecule has 6 heteroatoms. The van der Waals surface area contributed by atoms with Gasteiger partial charge in [0.25, 0.3) is 5.91 Å². The first-order valence-corrected chi connectivity index (χ1v) is 7.03. The molecular weight excluding hydrogens is 274 g/mol. The molecule has 0 fully saturated rings. The highest BCUT2D eigenvalue weighted by molar-refractivity contribution is 5.99. The van der Waals surface area contributed by atoms with Gasteiger partial charge in [-0.05, 0) is 25.0 Å². The van der Waals surface area contributed by atoms with Gasteiger partial charge in [0.05, 0.1) is 0 Å². The number of phenolic OH excluding ortho intramolecular Hbond substituents is 2. The van der Waals surface area contributed by atoms with Crippen molar-refractivity contribution in [3.63, 3.8) is 0 Å². The molecule has 0 heterocycles. The van der Waals surface area contributed by atoms with Crippen molar-refractivity contribution >= 4 is 11.9 Å². The minimum atomic E-state index is -0.773.